The summed E-state index contributed by atoms with van der Waals surface area (Å²) in [4.78, 5) is 6.93. The number of nitrogens with zero attached hydrogens (tertiary/aromatic N) is 3. The summed E-state index contributed by atoms with van der Waals surface area (Å²) in [5.74, 6) is 0. The highest BCUT2D eigenvalue weighted by molar-refractivity contribution is 7.80. The van der Waals surface area contributed by atoms with E-state index in [1.807, 2.05) is 30.5 Å². The van der Waals surface area contributed by atoms with E-state index in [-0.39, 0.29) is 18.1 Å². The summed E-state index contributed by atoms with van der Waals surface area (Å²) in [6.07, 6.45) is 1.84. The Morgan fingerprint density at radius 2 is 1.87 bits per heavy atom. The zero-order chi connectivity index (χ0) is 21.6. The van der Waals surface area contributed by atoms with Gasteiger partial charge in [0.15, 0.2) is 5.11 Å². The van der Waals surface area contributed by atoms with Crippen LogP contribution in [-0.2, 0) is 0 Å². The van der Waals surface area contributed by atoms with E-state index in [9.17, 15) is 0 Å². The first-order valence-electron chi connectivity index (χ1n) is 10.2. The summed E-state index contributed by atoms with van der Waals surface area (Å²) in [6.45, 7) is 10.8. The van der Waals surface area contributed by atoms with Gasteiger partial charge in [-0.2, -0.15) is 0 Å². The highest BCUT2D eigenvalue weighted by Crippen LogP contribution is 2.42. The molecule has 1 saturated heterocycles. The summed E-state index contributed by atoms with van der Waals surface area (Å²) in [5, 5.41) is 5.08. The predicted octanol–water partition coefficient (Wildman–Crippen LogP) is 5.83. The third kappa shape index (κ3) is 3.40. The molecule has 0 amide bonds. The molecular weight excluding hydrogens is 412 g/mol. The zero-order valence-corrected chi connectivity index (χ0v) is 19.6. The maximum Gasteiger partial charge on any atom is 0.170 e. The van der Waals surface area contributed by atoms with Crippen LogP contribution >= 0.6 is 23.8 Å². The van der Waals surface area contributed by atoms with Crippen LogP contribution in [0.15, 0.2) is 48.7 Å². The lowest BCUT2D eigenvalue weighted by molar-refractivity contribution is 0.269. The highest BCUT2D eigenvalue weighted by Gasteiger charge is 2.42. The molecule has 6 heteroatoms. The predicted molar refractivity (Wildman–Crippen MR) is 127 cm³/mol. The summed E-state index contributed by atoms with van der Waals surface area (Å²) in [5.41, 5.74) is 6.81. The first kappa shape index (κ1) is 20.9. The number of hydrogen-bond donors (Lipinski definition) is 1. The van der Waals surface area contributed by atoms with Crippen LogP contribution in [0.25, 0.3) is 5.69 Å². The van der Waals surface area contributed by atoms with Crippen LogP contribution in [0.1, 0.15) is 54.1 Å². The molecule has 2 aromatic heterocycles. The topological polar surface area (TPSA) is 33.1 Å². The molecule has 3 heterocycles. The van der Waals surface area contributed by atoms with Gasteiger partial charge in [0.1, 0.15) is 0 Å². The number of hydrogen-bond acceptors (Lipinski definition) is 2. The molecule has 3 aromatic rings. The molecule has 0 bridgehead atoms. The van der Waals surface area contributed by atoms with E-state index in [1.54, 1.807) is 0 Å². The van der Waals surface area contributed by atoms with E-state index in [0.29, 0.717) is 0 Å². The molecule has 4 nitrogen and oxygen atoms in total. The van der Waals surface area contributed by atoms with Gasteiger partial charge in [-0.25, -0.2) is 0 Å². The Morgan fingerprint density at radius 3 is 2.53 bits per heavy atom. The molecule has 0 saturated carbocycles. The monoisotopic (exact) mass is 438 g/mol. The van der Waals surface area contributed by atoms with Crippen LogP contribution < -0.4 is 5.32 Å². The number of pyridine rings is 1. The Balaban J connectivity index is 1.88. The molecule has 156 valence electrons. The van der Waals surface area contributed by atoms with E-state index in [4.69, 9.17) is 23.8 Å². The fourth-order valence-corrected chi connectivity index (χ4v) is 5.17. The van der Waals surface area contributed by atoms with Gasteiger partial charge in [-0.1, -0.05) is 23.7 Å². The summed E-state index contributed by atoms with van der Waals surface area (Å²) in [6, 6.07) is 14.7. The maximum atomic E-state index is 6.43. The van der Waals surface area contributed by atoms with Crippen LogP contribution in [0.3, 0.4) is 0 Å². The molecular formula is C24H27ClN4S. The molecule has 0 spiro atoms. The second kappa shape index (κ2) is 8.05. The Bertz CT molecular complexity index is 1090. The summed E-state index contributed by atoms with van der Waals surface area (Å²) < 4.78 is 2.30. The maximum absolute atomic E-state index is 6.43. The van der Waals surface area contributed by atoms with Crippen molar-refractivity contribution in [2.45, 2.75) is 52.7 Å². The smallest absolute Gasteiger partial charge is 0.170 e. The first-order valence-corrected chi connectivity index (χ1v) is 11.0. The van der Waals surface area contributed by atoms with Gasteiger partial charge in [0, 0.05) is 34.3 Å². The van der Waals surface area contributed by atoms with Crippen molar-refractivity contribution in [2.24, 2.45) is 0 Å². The van der Waals surface area contributed by atoms with Gasteiger partial charge in [0.25, 0.3) is 0 Å². The lowest BCUT2D eigenvalue weighted by Crippen LogP contribution is -2.35. The van der Waals surface area contributed by atoms with Crippen molar-refractivity contribution in [3.05, 3.63) is 81.9 Å². The average Bonchev–Trinajstić information content (AvgIpc) is 3.21. The minimum absolute atomic E-state index is 0.00416. The Labute approximate surface area is 188 Å². The van der Waals surface area contributed by atoms with Crippen molar-refractivity contribution in [3.8, 4) is 5.69 Å². The third-order valence-corrected chi connectivity index (χ3v) is 6.70. The van der Waals surface area contributed by atoms with Crippen molar-refractivity contribution in [2.75, 3.05) is 0 Å². The second-order valence-electron chi connectivity index (χ2n) is 8.17. The van der Waals surface area contributed by atoms with E-state index in [2.05, 4.69) is 72.6 Å². The van der Waals surface area contributed by atoms with Crippen LogP contribution in [-0.4, -0.2) is 25.6 Å². The van der Waals surface area contributed by atoms with E-state index in [0.717, 1.165) is 27.1 Å². The lowest BCUT2D eigenvalue weighted by Gasteiger charge is -2.31. The van der Waals surface area contributed by atoms with Gasteiger partial charge in [0.05, 0.1) is 17.8 Å². The quantitative estimate of drug-likeness (QED) is 0.519. The van der Waals surface area contributed by atoms with Gasteiger partial charge in [-0.15, -0.1) is 0 Å². The van der Waals surface area contributed by atoms with Crippen molar-refractivity contribution < 1.29 is 0 Å². The number of thiocarbonyl (C=S) groups is 1. The van der Waals surface area contributed by atoms with Crippen LogP contribution in [0.2, 0.25) is 5.02 Å². The van der Waals surface area contributed by atoms with Gasteiger partial charge in [-0.05, 0) is 88.3 Å². The molecule has 0 radical (unpaired) electrons. The summed E-state index contributed by atoms with van der Waals surface area (Å²) in [7, 11) is 0. The molecule has 1 fully saturated rings. The number of aromatic nitrogens is 2. The molecule has 1 aliphatic rings. The van der Waals surface area contributed by atoms with Crippen LogP contribution in [0, 0.1) is 20.8 Å². The number of benzene rings is 1. The molecule has 1 aliphatic heterocycles. The highest BCUT2D eigenvalue weighted by atomic mass is 35.5. The molecule has 1 N–H and O–H groups in total. The number of nitrogens with one attached hydrogen (secondary N) is 1. The Kier molecular flexibility index (Phi) is 5.60. The van der Waals surface area contributed by atoms with Crippen molar-refractivity contribution in [1.82, 2.24) is 19.8 Å². The summed E-state index contributed by atoms with van der Waals surface area (Å²) >= 11 is 12.2. The Morgan fingerprint density at radius 1 is 1.10 bits per heavy atom. The second-order valence-corrected chi connectivity index (χ2v) is 8.97. The molecule has 30 heavy (non-hydrogen) atoms. The SMILES string of the molecule is Cc1c(Cl)cccc1-n1c(C)cc([C@@H]2[C@H](c3ccccn3)NC(=S)N2C(C)C)c1C. The molecule has 2 atom stereocenters. The molecule has 1 aromatic carbocycles. The first-order chi connectivity index (χ1) is 14.3. The van der Waals surface area contributed by atoms with Gasteiger partial charge in [0.2, 0.25) is 0 Å². The lowest BCUT2D eigenvalue weighted by atomic mass is 9.96. The third-order valence-electron chi connectivity index (χ3n) is 5.96. The fraction of sp³-hybridized carbons (Fsp3) is 0.333. The van der Waals surface area contributed by atoms with Gasteiger partial charge in [-0.3, -0.25) is 4.98 Å². The Hall–Kier alpha value is -2.37. The van der Waals surface area contributed by atoms with Crippen LogP contribution in [0.5, 0.6) is 0 Å². The van der Waals surface area contributed by atoms with Crippen molar-refractivity contribution in [3.63, 3.8) is 0 Å². The minimum atomic E-state index is -0.00416. The van der Waals surface area contributed by atoms with E-state index >= 15 is 0 Å². The van der Waals surface area contributed by atoms with Crippen LogP contribution in [0.4, 0.5) is 0 Å². The number of aryl methyl sites for hydroxylation is 1. The molecule has 0 unspecified atom stereocenters. The largest absolute Gasteiger partial charge is 0.352 e. The normalized spacial score (nSPS) is 18.9. The average molecular weight is 439 g/mol. The number of halogens is 1. The standard InChI is InChI=1S/C24H27ClN4S/c1-14(2)28-23(22(27-24(28)30)20-10-6-7-12-26-20)18-13-15(3)29(17(18)5)21-11-8-9-19(25)16(21)4/h6-14,22-23H,1-5H3,(H,27,30)/t22-,23+/m0/s1. The van der Waals surface area contributed by atoms with E-state index < -0.39 is 0 Å². The molecule has 0 aliphatic carbocycles. The van der Waals surface area contributed by atoms with Gasteiger partial charge < -0.3 is 14.8 Å². The van der Waals surface area contributed by atoms with Gasteiger partial charge >= 0.3 is 0 Å². The minimum Gasteiger partial charge on any atom is -0.352 e. The van der Waals surface area contributed by atoms with E-state index in [1.165, 1.54) is 17.0 Å². The molecule has 4 rings (SSSR count). The van der Waals surface area contributed by atoms with Crippen molar-refractivity contribution >= 4 is 28.9 Å². The zero-order valence-electron chi connectivity index (χ0n) is 18.0. The number of rotatable bonds is 4. The fourth-order valence-electron chi connectivity index (χ4n) is 4.55. The van der Waals surface area contributed by atoms with Crippen molar-refractivity contribution in [1.29, 1.82) is 0 Å².